The summed E-state index contributed by atoms with van der Waals surface area (Å²) < 4.78 is 5.59. The fraction of sp³-hybridized carbons (Fsp3) is 0.429. The minimum atomic E-state index is -0.698. The number of aryl methyl sites for hydroxylation is 2. The normalized spacial score (nSPS) is 15.4. The number of anilines is 1. The Kier molecular flexibility index (Phi) is 6.75. The van der Waals surface area contributed by atoms with Gasteiger partial charge in [-0.1, -0.05) is 23.7 Å². The number of hydrogen-bond donors (Lipinski definition) is 2. The van der Waals surface area contributed by atoms with Crippen LogP contribution in [0, 0.1) is 19.8 Å². The molecule has 0 atom stereocenters. The van der Waals surface area contributed by atoms with Crippen LogP contribution in [0.25, 0.3) is 0 Å². The second-order valence-corrected chi connectivity index (χ2v) is 7.71. The molecule has 1 aliphatic rings. The number of hydrogen-bond acceptors (Lipinski definition) is 4. The van der Waals surface area contributed by atoms with E-state index in [1.54, 1.807) is 24.3 Å². The number of amides is 2. The van der Waals surface area contributed by atoms with E-state index in [1.807, 2.05) is 13.8 Å². The number of halogens is 1. The zero-order valence-corrected chi connectivity index (χ0v) is 17.0. The fourth-order valence-electron chi connectivity index (χ4n) is 3.49. The van der Waals surface area contributed by atoms with Crippen LogP contribution in [0.3, 0.4) is 0 Å². The lowest BCUT2D eigenvalue weighted by atomic mass is 9.96. The van der Waals surface area contributed by atoms with Gasteiger partial charge in [-0.25, -0.2) is 0 Å². The zero-order valence-electron chi connectivity index (χ0n) is 16.3. The molecule has 1 aromatic heterocycles. The minimum absolute atomic E-state index is 0.375. The molecule has 1 aromatic carbocycles. The molecule has 0 radical (unpaired) electrons. The van der Waals surface area contributed by atoms with Gasteiger partial charge in [-0.2, -0.15) is 0 Å². The molecule has 2 heterocycles. The molecule has 1 saturated heterocycles. The Balaban J connectivity index is 1.40. The molecular weight excluding hydrogens is 378 g/mol. The van der Waals surface area contributed by atoms with Crippen molar-refractivity contribution in [2.24, 2.45) is 5.92 Å². The Morgan fingerprint density at radius 1 is 1.18 bits per heavy atom. The number of furan rings is 1. The molecule has 2 aromatic rings. The van der Waals surface area contributed by atoms with Crippen molar-refractivity contribution in [3.05, 3.63) is 52.4 Å². The van der Waals surface area contributed by atoms with Gasteiger partial charge in [-0.05, 0) is 63.9 Å². The van der Waals surface area contributed by atoms with Crippen LogP contribution in [0.4, 0.5) is 5.69 Å². The first kappa shape index (κ1) is 20.4. The van der Waals surface area contributed by atoms with E-state index in [1.165, 1.54) is 5.56 Å². The lowest BCUT2D eigenvalue weighted by molar-refractivity contribution is -0.136. The van der Waals surface area contributed by atoms with Crippen molar-refractivity contribution >= 4 is 29.1 Å². The number of likely N-dealkylation sites (tertiary alicyclic amines) is 1. The molecule has 0 bridgehead atoms. The van der Waals surface area contributed by atoms with Crippen LogP contribution in [-0.2, 0) is 16.1 Å². The maximum absolute atomic E-state index is 12.1. The molecule has 6 nitrogen and oxygen atoms in total. The van der Waals surface area contributed by atoms with Crippen molar-refractivity contribution in [2.75, 3.05) is 25.0 Å². The summed E-state index contributed by atoms with van der Waals surface area (Å²) in [7, 11) is 0. The van der Waals surface area contributed by atoms with E-state index in [-0.39, 0.29) is 0 Å². The van der Waals surface area contributed by atoms with Gasteiger partial charge in [0.05, 0.1) is 10.7 Å². The Morgan fingerprint density at radius 2 is 1.89 bits per heavy atom. The van der Waals surface area contributed by atoms with Crippen LogP contribution < -0.4 is 10.6 Å². The van der Waals surface area contributed by atoms with Crippen LogP contribution in [-0.4, -0.2) is 36.3 Å². The smallest absolute Gasteiger partial charge is 0.313 e. The molecule has 7 heteroatoms. The van der Waals surface area contributed by atoms with Crippen LogP contribution >= 0.6 is 11.6 Å². The number of carbonyl (C=O) groups excluding carboxylic acids is 2. The summed E-state index contributed by atoms with van der Waals surface area (Å²) in [4.78, 5) is 26.5. The van der Waals surface area contributed by atoms with Gasteiger partial charge < -0.3 is 15.1 Å². The molecule has 150 valence electrons. The van der Waals surface area contributed by atoms with E-state index in [4.69, 9.17) is 16.0 Å². The third-order valence-electron chi connectivity index (χ3n) is 5.12. The number of nitrogens with zero attached hydrogens (tertiary/aromatic N) is 1. The quantitative estimate of drug-likeness (QED) is 0.749. The molecule has 28 heavy (non-hydrogen) atoms. The average Bonchev–Trinajstić information content (AvgIpc) is 2.99. The highest BCUT2D eigenvalue weighted by molar-refractivity contribution is 6.41. The predicted molar refractivity (Wildman–Crippen MR) is 109 cm³/mol. The fourth-order valence-corrected chi connectivity index (χ4v) is 3.67. The molecule has 0 saturated carbocycles. The number of nitrogens with one attached hydrogen (secondary N) is 2. The van der Waals surface area contributed by atoms with Crippen LogP contribution in [0.15, 0.2) is 34.7 Å². The Morgan fingerprint density at radius 3 is 2.54 bits per heavy atom. The number of rotatable bonds is 5. The summed E-state index contributed by atoms with van der Waals surface area (Å²) in [5.41, 5.74) is 1.67. The van der Waals surface area contributed by atoms with Gasteiger partial charge in [0.15, 0.2) is 0 Å². The first-order valence-corrected chi connectivity index (χ1v) is 9.92. The zero-order chi connectivity index (χ0) is 20.1. The topological polar surface area (TPSA) is 74.6 Å². The van der Waals surface area contributed by atoms with Crippen LogP contribution in [0.1, 0.15) is 29.9 Å². The molecular formula is C21H26ClN3O3. The van der Waals surface area contributed by atoms with Gasteiger partial charge in [0, 0.05) is 18.7 Å². The SMILES string of the molecule is Cc1cc(CN2CCC(CNC(=O)C(=O)Nc3ccccc3Cl)CC2)c(C)o1. The van der Waals surface area contributed by atoms with Crippen molar-refractivity contribution in [3.8, 4) is 0 Å². The van der Waals surface area contributed by atoms with Gasteiger partial charge in [0.25, 0.3) is 0 Å². The lowest BCUT2D eigenvalue weighted by Gasteiger charge is -2.31. The van der Waals surface area contributed by atoms with Crippen molar-refractivity contribution in [1.82, 2.24) is 10.2 Å². The molecule has 0 spiro atoms. The lowest BCUT2D eigenvalue weighted by Crippen LogP contribution is -2.41. The van der Waals surface area contributed by atoms with E-state index in [2.05, 4.69) is 21.6 Å². The van der Waals surface area contributed by atoms with Crippen molar-refractivity contribution in [3.63, 3.8) is 0 Å². The number of para-hydroxylation sites is 1. The summed E-state index contributed by atoms with van der Waals surface area (Å²) in [6, 6.07) is 8.93. The first-order chi connectivity index (χ1) is 13.4. The molecule has 0 unspecified atom stereocenters. The van der Waals surface area contributed by atoms with Gasteiger partial charge in [-0.3, -0.25) is 14.5 Å². The standard InChI is InChI=1S/C21H26ClN3O3/c1-14-11-17(15(2)28-14)13-25-9-7-16(8-10-25)12-23-20(26)21(27)24-19-6-4-3-5-18(19)22/h3-6,11,16H,7-10,12-13H2,1-2H3,(H,23,26)(H,24,27). The minimum Gasteiger partial charge on any atom is -0.466 e. The summed E-state index contributed by atoms with van der Waals surface area (Å²) in [5, 5.41) is 5.68. The first-order valence-electron chi connectivity index (χ1n) is 9.54. The molecule has 2 N–H and O–H groups in total. The van der Waals surface area contributed by atoms with Crippen molar-refractivity contribution in [2.45, 2.75) is 33.2 Å². The summed E-state index contributed by atoms with van der Waals surface area (Å²) in [6.07, 6.45) is 1.98. The Labute approximate surface area is 170 Å². The molecule has 2 amide bonds. The molecule has 1 fully saturated rings. The predicted octanol–water partition coefficient (Wildman–Crippen LogP) is 3.52. The maximum Gasteiger partial charge on any atom is 0.313 e. The summed E-state index contributed by atoms with van der Waals surface area (Å²) in [6.45, 7) is 7.30. The number of piperidine rings is 1. The summed E-state index contributed by atoms with van der Waals surface area (Å²) in [5.74, 6) is 0.972. The largest absolute Gasteiger partial charge is 0.466 e. The Hall–Kier alpha value is -2.31. The van der Waals surface area contributed by atoms with Crippen molar-refractivity contribution in [1.29, 1.82) is 0 Å². The van der Waals surface area contributed by atoms with Crippen LogP contribution in [0.2, 0.25) is 5.02 Å². The number of benzene rings is 1. The van der Waals surface area contributed by atoms with E-state index in [9.17, 15) is 9.59 Å². The van der Waals surface area contributed by atoms with Crippen LogP contribution in [0.5, 0.6) is 0 Å². The third-order valence-corrected chi connectivity index (χ3v) is 5.45. The molecule has 3 rings (SSSR count). The highest BCUT2D eigenvalue weighted by Crippen LogP contribution is 2.22. The van der Waals surface area contributed by atoms with Gasteiger partial charge in [0.1, 0.15) is 11.5 Å². The van der Waals surface area contributed by atoms with Gasteiger partial charge in [0.2, 0.25) is 0 Å². The number of carbonyl (C=O) groups is 2. The summed E-state index contributed by atoms with van der Waals surface area (Å²) >= 11 is 6.00. The molecule has 0 aliphatic carbocycles. The third kappa shape index (κ3) is 5.36. The Bertz CT molecular complexity index is 841. The van der Waals surface area contributed by atoms with Gasteiger partial charge in [-0.15, -0.1) is 0 Å². The van der Waals surface area contributed by atoms with E-state index in [0.717, 1.165) is 44.0 Å². The van der Waals surface area contributed by atoms with Crippen molar-refractivity contribution < 1.29 is 14.0 Å². The van der Waals surface area contributed by atoms with E-state index >= 15 is 0 Å². The average molecular weight is 404 g/mol. The van der Waals surface area contributed by atoms with E-state index < -0.39 is 11.8 Å². The molecule has 1 aliphatic heterocycles. The monoisotopic (exact) mass is 403 g/mol. The highest BCUT2D eigenvalue weighted by Gasteiger charge is 2.22. The van der Waals surface area contributed by atoms with Gasteiger partial charge >= 0.3 is 11.8 Å². The maximum atomic E-state index is 12.1. The van der Waals surface area contributed by atoms with E-state index in [0.29, 0.717) is 23.2 Å². The second kappa shape index (κ2) is 9.26. The second-order valence-electron chi connectivity index (χ2n) is 7.30. The highest BCUT2D eigenvalue weighted by atomic mass is 35.5.